The van der Waals surface area contributed by atoms with Gasteiger partial charge in [-0.2, -0.15) is 0 Å². The van der Waals surface area contributed by atoms with Gasteiger partial charge >= 0.3 is 0 Å². The Kier molecular flexibility index (Phi) is 8.07. The number of likely N-dealkylation sites (N-methyl/N-ethyl adjacent to an activating group) is 1. The molecule has 0 aliphatic heterocycles. The van der Waals surface area contributed by atoms with Gasteiger partial charge in [-0.15, -0.1) is 0 Å². The van der Waals surface area contributed by atoms with Crippen LogP contribution in [-0.4, -0.2) is 25.8 Å². The highest BCUT2D eigenvalue weighted by atomic mass is 16.5. The van der Waals surface area contributed by atoms with Gasteiger partial charge in [0.1, 0.15) is 0 Å². The molecule has 15 heavy (non-hydrogen) atoms. The third-order valence-electron chi connectivity index (χ3n) is 3.60. The number of rotatable bonds is 9. The minimum atomic E-state index is -0.0129. The summed E-state index contributed by atoms with van der Waals surface area (Å²) >= 11 is 0. The first kappa shape index (κ1) is 14.9. The molecule has 2 atom stereocenters. The van der Waals surface area contributed by atoms with Crippen molar-refractivity contribution in [1.29, 1.82) is 0 Å². The summed E-state index contributed by atoms with van der Waals surface area (Å²) in [5.74, 6) is 0. The first-order valence-electron chi connectivity index (χ1n) is 6.37. The van der Waals surface area contributed by atoms with Crippen molar-refractivity contribution in [3.8, 4) is 0 Å². The van der Waals surface area contributed by atoms with Crippen LogP contribution in [0.5, 0.6) is 0 Å². The van der Waals surface area contributed by atoms with E-state index in [4.69, 9.17) is 4.74 Å². The number of unbranched alkanes of at least 4 members (excludes halogenated alkanes) is 3. The van der Waals surface area contributed by atoms with E-state index in [2.05, 4.69) is 26.1 Å². The van der Waals surface area contributed by atoms with E-state index >= 15 is 0 Å². The van der Waals surface area contributed by atoms with Gasteiger partial charge in [0.25, 0.3) is 0 Å². The van der Waals surface area contributed by atoms with Crippen LogP contribution in [0.4, 0.5) is 0 Å². The van der Waals surface area contributed by atoms with Gasteiger partial charge < -0.3 is 10.1 Å². The van der Waals surface area contributed by atoms with Crippen molar-refractivity contribution in [3.05, 3.63) is 0 Å². The molecule has 0 aromatic heterocycles. The lowest BCUT2D eigenvalue weighted by atomic mass is 9.89. The molecule has 0 aromatic carbocycles. The zero-order valence-electron chi connectivity index (χ0n) is 11.2. The molecule has 0 rings (SSSR count). The molecule has 0 spiro atoms. The molecular weight excluding hydrogens is 186 g/mol. The second kappa shape index (κ2) is 8.12. The third-order valence-corrected chi connectivity index (χ3v) is 3.60. The topological polar surface area (TPSA) is 21.3 Å². The first-order chi connectivity index (χ1) is 7.14. The molecule has 0 amide bonds. The van der Waals surface area contributed by atoms with Crippen molar-refractivity contribution in [2.45, 2.75) is 70.9 Å². The van der Waals surface area contributed by atoms with Crippen LogP contribution in [0.15, 0.2) is 0 Å². The predicted octanol–water partition coefficient (Wildman–Crippen LogP) is 3.36. The summed E-state index contributed by atoms with van der Waals surface area (Å²) in [6.07, 6.45) is 7.58. The summed E-state index contributed by atoms with van der Waals surface area (Å²) in [5, 5.41) is 3.40. The average Bonchev–Trinajstić information content (AvgIpc) is 2.28. The molecule has 0 aromatic rings. The van der Waals surface area contributed by atoms with E-state index < -0.39 is 0 Å². The number of methoxy groups -OCH3 is 1. The predicted molar refractivity (Wildman–Crippen MR) is 67.3 cm³/mol. The fraction of sp³-hybridized carbons (Fsp3) is 1.00. The molecule has 92 valence electrons. The van der Waals surface area contributed by atoms with Crippen LogP contribution in [0.3, 0.4) is 0 Å². The molecule has 0 bridgehead atoms. The Hall–Kier alpha value is -0.0800. The maximum absolute atomic E-state index is 5.63. The maximum atomic E-state index is 5.63. The summed E-state index contributed by atoms with van der Waals surface area (Å²) in [6, 6.07) is 0.476. The number of hydrogen-bond donors (Lipinski definition) is 1. The molecule has 0 aliphatic carbocycles. The van der Waals surface area contributed by atoms with Crippen LogP contribution >= 0.6 is 0 Å². The van der Waals surface area contributed by atoms with E-state index in [0.717, 1.165) is 6.42 Å². The fourth-order valence-corrected chi connectivity index (χ4v) is 2.06. The molecule has 0 saturated carbocycles. The Bertz CT molecular complexity index is 143. The summed E-state index contributed by atoms with van der Waals surface area (Å²) in [4.78, 5) is 0. The molecule has 2 nitrogen and oxygen atoms in total. The molecule has 1 N–H and O–H groups in total. The van der Waals surface area contributed by atoms with Crippen molar-refractivity contribution in [2.75, 3.05) is 14.2 Å². The molecule has 0 aliphatic rings. The standard InChI is InChI=1S/C13H29NO/c1-6-8-9-10-11-12(14-4)13(3,7-2)15-5/h12,14H,6-11H2,1-5H3. The van der Waals surface area contributed by atoms with Crippen molar-refractivity contribution >= 4 is 0 Å². The van der Waals surface area contributed by atoms with Gasteiger partial charge in [0, 0.05) is 13.2 Å². The van der Waals surface area contributed by atoms with Gasteiger partial charge in [0.05, 0.1) is 5.60 Å². The lowest BCUT2D eigenvalue weighted by molar-refractivity contribution is -0.0297. The summed E-state index contributed by atoms with van der Waals surface area (Å²) < 4.78 is 5.63. The molecule has 2 heteroatoms. The average molecular weight is 215 g/mol. The smallest absolute Gasteiger partial charge is 0.0800 e. The highest BCUT2D eigenvalue weighted by Gasteiger charge is 2.30. The molecule has 0 radical (unpaired) electrons. The molecular formula is C13H29NO. The summed E-state index contributed by atoms with van der Waals surface area (Å²) in [5.41, 5.74) is -0.0129. The van der Waals surface area contributed by atoms with Gasteiger partial charge in [0.15, 0.2) is 0 Å². The summed E-state index contributed by atoms with van der Waals surface area (Å²) in [7, 11) is 3.86. The fourth-order valence-electron chi connectivity index (χ4n) is 2.06. The van der Waals surface area contributed by atoms with Crippen molar-refractivity contribution in [3.63, 3.8) is 0 Å². The number of nitrogens with one attached hydrogen (secondary N) is 1. The molecule has 0 fully saturated rings. The normalized spacial score (nSPS) is 17.4. The van der Waals surface area contributed by atoms with Crippen LogP contribution in [-0.2, 0) is 4.74 Å². The van der Waals surface area contributed by atoms with Crippen molar-refractivity contribution < 1.29 is 4.74 Å². The number of hydrogen-bond acceptors (Lipinski definition) is 2. The van der Waals surface area contributed by atoms with Crippen LogP contribution in [0.25, 0.3) is 0 Å². The van der Waals surface area contributed by atoms with E-state index in [1.165, 1.54) is 32.1 Å². The minimum Gasteiger partial charge on any atom is -0.377 e. The van der Waals surface area contributed by atoms with Crippen LogP contribution < -0.4 is 5.32 Å². The Labute approximate surface area is 95.8 Å². The van der Waals surface area contributed by atoms with E-state index in [1.54, 1.807) is 0 Å². The van der Waals surface area contributed by atoms with Gasteiger partial charge in [-0.3, -0.25) is 0 Å². The second-order valence-corrected chi connectivity index (χ2v) is 4.56. The van der Waals surface area contributed by atoms with Crippen molar-refractivity contribution in [1.82, 2.24) is 5.32 Å². The van der Waals surface area contributed by atoms with Gasteiger partial charge in [-0.05, 0) is 26.8 Å². The lowest BCUT2D eigenvalue weighted by Crippen LogP contribution is -2.48. The number of ether oxygens (including phenoxy) is 1. The van der Waals surface area contributed by atoms with E-state index in [1.807, 2.05) is 14.2 Å². The van der Waals surface area contributed by atoms with Crippen LogP contribution in [0.2, 0.25) is 0 Å². The second-order valence-electron chi connectivity index (χ2n) is 4.56. The van der Waals surface area contributed by atoms with E-state index in [9.17, 15) is 0 Å². The third kappa shape index (κ3) is 4.98. The highest BCUT2D eigenvalue weighted by molar-refractivity contribution is 4.87. The molecule has 0 saturated heterocycles. The van der Waals surface area contributed by atoms with Gasteiger partial charge in [-0.25, -0.2) is 0 Å². The highest BCUT2D eigenvalue weighted by Crippen LogP contribution is 2.23. The van der Waals surface area contributed by atoms with Crippen LogP contribution in [0, 0.1) is 0 Å². The Balaban J connectivity index is 3.99. The Morgan fingerprint density at radius 3 is 2.27 bits per heavy atom. The van der Waals surface area contributed by atoms with Crippen LogP contribution in [0.1, 0.15) is 59.3 Å². The lowest BCUT2D eigenvalue weighted by Gasteiger charge is -2.35. The largest absolute Gasteiger partial charge is 0.377 e. The Morgan fingerprint density at radius 1 is 1.20 bits per heavy atom. The monoisotopic (exact) mass is 215 g/mol. The first-order valence-corrected chi connectivity index (χ1v) is 6.37. The minimum absolute atomic E-state index is 0.0129. The van der Waals surface area contributed by atoms with E-state index in [0.29, 0.717) is 6.04 Å². The summed E-state index contributed by atoms with van der Waals surface area (Å²) in [6.45, 7) is 6.65. The van der Waals surface area contributed by atoms with E-state index in [-0.39, 0.29) is 5.60 Å². The molecule has 0 heterocycles. The van der Waals surface area contributed by atoms with Crippen molar-refractivity contribution in [2.24, 2.45) is 0 Å². The van der Waals surface area contributed by atoms with Gasteiger partial charge in [0.2, 0.25) is 0 Å². The quantitative estimate of drug-likeness (QED) is 0.595. The maximum Gasteiger partial charge on any atom is 0.0800 e. The van der Waals surface area contributed by atoms with Gasteiger partial charge in [-0.1, -0.05) is 39.5 Å². The molecule has 2 unspecified atom stereocenters. The zero-order valence-corrected chi connectivity index (χ0v) is 11.2. The SMILES string of the molecule is CCCCCCC(NC)C(C)(CC)OC. The zero-order chi connectivity index (χ0) is 11.7. The Morgan fingerprint density at radius 2 is 1.87 bits per heavy atom.